The average Bonchev–Trinajstić information content (AvgIpc) is 2.44. The number of rotatable bonds is 3. The first kappa shape index (κ1) is 21.6. The van der Waals surface area contributed by atoms with Gasteiger partial charge in [0.25, 0.3) is 0 Å². The summed E-state index contributed by atoms with van der Waals surface area (Å²) in [5.41, 5.74) is -0.399. The molecule has 0 bridgehead atoms. The van der Waals surface area contributed by atoms with Crippen LogP contribution in [0.3, 0.4) is 0 Å². The summed E-state index contributed by atoms with van der Waals surface area (Å²) in [6.45, 7) is 10.3. The Bertz CT molecular complexity index is 391. The highest BCUT2D eigenvalue weighted by Gasteiger charge is 2.25. The molecule has 1 fully saturated rings. The van der Waals surface area contributed by atoms with Crippen LogP contribution in [0.4, 0.5) is 4.79 Å². The van der Waals surface area contributed by atoms with Crippen LogP contribution in [0.25, 0.3) is 0 Å². The van der Waals surface area contributed by atoms with Crippen LogP contribution >= 0.6 is 15.9 Å². The molecule has 0 saturated carbocycles. The molecule has 0 unspecified atom stereocenters. The van der Waals surface area contributed by atoms with E-state index in [1.54, 1.807) is 4.90 Å². The second-order valence-corrected chi connectivity index (χ2v) is 6.75. The fourth-order valence-electron chi connectivity index (χ4n) is 1.76. The van der Waals surface area contributed by atoms with Crippen molar-refractivity contribution in [2.45, 2.75) is 32.8 Å². The molecule has 1 amide bonds. The number of amides is 1. The highest BCUT2D eigenvalue weighted by atomic mass is 79.9. The van der Waals surface area contributed by atoms with Crippen LogP contribution in [0.5, 0.6) is 0 Å². The SMILES string of the molecule is CC(C)(C)OC(=O)N1CCN(CCCBr)CC1.O=C(O)C(=O)O. The standard InChI is InChI=1S/C12H23BrN2O2.C2H2O4/c1-12(2,3)17-11(16)15-9-7-14(8-10-15)6-4-5-13;3-1(4)2(5)6/h4-10H2,1-3H3;(H,3,4)(H,5,6). The Morgan fingerprint density at radius 1 is 1.04 bits per heavy atom. The van der Waals surface area contributed by atoms with Crippen LogP contribution < -0.4 is 0 Å². The van der Waals surface area contributed by atoms with E-state index in [-0.39, 0.29) is 6.09 Å². The minimum Gasteiger partial charge on any atom is -0.473 e. The number of carboxylic acids is 2. The van der Waals surface area contributed by atoms with Gasteiger partial charge in [-0.25, -0.2) is 14.4 Å². The first-order valence-corrected chi connectivity index (χ1v) is 8.41. The Hall–Kier alpha value is -1.35. The van der Waals surface area contributed by atoms with Crippen molar-refractivity contribution in [3.8, 4) is 0 Å². The van der Waals surface area contributed by atoms with Crippen molar-refractivity contribution in [2.24, 2.45) is 0 Å². The minimum atomic E-state index is -1.82. The maximum atomic E-state index is 11.8. The molecular weight excluding hydrogens is 372 g/mol. The number of carboxylic acid groups (broad SMARTS) is 2. The predicted octanol–water partition coefficient (Wildman–Crippen LogP) is 1.48. The summed E-state index contributed by atoms with van der Waals surface area (Å²) in [4.78, 5) is 34.2. The zero-order chi connectivity index (χ0) is 18.0. The van der Waals surface area contributed by atoms with E-state index in [4.69, 9.17) is 24.5 Å². The number of carbonyl (C=O) groups excluding carboxylic acids is 1. The molecule has 134 valence electrons. The lowest BCUT2D eigenvalue weighted by Gasteiger charge is -2.35. The molecule has 8 nitrogen and oxygen atoms in total. The molecule has 0 aromatic carbocycles. The summed E-state index contributed by atoms with van der Waals surface area (Å²) >= 11 is 3.43. The minimum absolute atomic E-state index is 0.183. The number of aliphatic carboxylic acids is 2. The van der Waals surface area contributed by atoms with E-state index in [9.17, 15) is 4.79 Å². The third kappa shape index (κ3) is 10.9. The fourth-order valence-corrected chi connectivity index (χ4v) is 2.01. The number of halogens is 1. The number of ether oxygens (including phenoxy) is 1. The van der Waals surface area contributed by atoms with E-state index in [1.165, 1.54) is 0 Å². The Morgan fingerprint density at radius 3 is 1.87 bits per heavy atom. The first-order valence-electron chi connectivity index (χ1n) is 7.29. The molecule has 0 spiro atoms. The van der Waals surface area contributed by atoms with Crippen LogP contribution in [-0.2, 0) is 14.3 Å². The highest BCUT2D eigenvalue weighted by Crippen LogP contribution is 2.12. The van der Waals surface area contributed by atoms with Gasteiger partial charge in [0, 0.05) is 31.5 Å². The quantitative estimate of drug-likeness (QED) is 0.549. The molecule has 1 aliphatic heterocycles. The van der Waals surface area contributed by atoms with E-state index in [1.807, 2.05) is 20.8 Å². The van der Waals surface area contributed by atoms with Gasteiger partial charge < -0.3 is 19.8 Å². The van der Waals surface area contributed by atoms with Crippen molar-refractivity contribution in [3.05, 3.63) is 0 Å². The van der Waals surface area contributed by atoms with Crippen molar-refractivity contribution in [1.82, 2.24) is 9.80 Å². The molecule has 0 radical (unpaired) electrons. The smallest absolute Gasteiger partial charge is 0.414 e. The van der Waals surface area contributed by atoms with Gasteiger partial charge in [0.05, 0.1) is 0 Å². The van der Waals surface area contributed by atoms with Gasteiger partial charge in [0.15, 0.2) is 0 Å². The first-order chi connectivity index (χ1) is 10.6. The maximum absolute atomic E-state index is 11.8. The van der Waals surface area contributed by atoms with Gasteiger partial charge in [-0.05, 0) is 33.7 Å². The van der Waals surface area contributed by atoms with E-state index in [0.717, 1.165) is 44.5 Å². The number of nitrogens with zero attached hydrogens (tertiary/aromatic N) is 2. The molecule has 0 aromatic rings. The third-order valence-electron chi connectivity index (χ3n) is 2.81. The Balaban J connectivity index is 0.000000688. The van der Waals surface area contributed by atoms with E-state index in [2.05, 4.69) is 20.8 Å². The normalized spacial score (nSPS) is 15.4. The van der Waals surface area contributed by atoms with Crippen molar-refractivity contribution in [3.63, 3.8) is 0 Å². The van der Waals surface area contributed by atoms with E-state index >= 15 is 0 Å². The van der Waals surface area contributed by atoms with Crippen LogP contribution in [0, 0.1) is 0 Å². The Labute approximate surface area is 144 Å². The number of hydrogen-bond acceptors (Lipinski definition) is 5. The lowest BCUT2D eigenvalue weighted by Crippen LogP contribution is -2.50. The lowest BCUT2D eigenvalue weighted by atomic mass is 10.2. The molecule has 0 aromatic heterocycles. The fraction of sp³-hybridized carbons (Fsp3) is 0.786. The van der Waals surface area contributed by atoms with Gasteiger partial charge in [-0.2, -0.15) is 0 Å². The molecule has 1 rings (SSSR count). The monoisotopic (exact) mass is 396 g/mol. The van der Waals surface area contributed by atoms with Gasteiger partial charge in [-0.3, -0.25) is 4.90 Å². The average molecular weight is 397 g/mol. The van der Waals surface area contributed by atoms with Crippen LogP contribution in [-0.4, -0.2) is 81.7 Å². The Kier molecular flexibility index (Phi) is 9.82. The van der Waals surface area contributed by atoms with Crippen molar-refractivity contribution in [2.75, 3.05) is 38.1 Å². The third-order valence-corrected chi connectivity index (χ3v) is 3.38. The number of hydrogen-bond donors (Lipinski definition) is 2. The summed E-state index contributed by atoms with van der Waals surface area (Å²) < 4.78 is 5.35. The van der Waals surface area contributed by atoms with Crippen LogP contribution in [0.1, 0.15) is 27.2 Å². The van der Waals surface area contributed by atoms with Gasteiger partial charge in [0.2, 0.25) is 0 Å². The second kappa shape index (κ2) is 10.4. The molecule has 1 saturated heterocycles. The lowest BCUT2D eigenvalue weighted by molar-refractivity contribution is -0.159. The van der Waals surface area contributed by atoms with Crippen molar-refractivity contribution < 1.29 is 29.3 Å². The number of carbonyl (C=O) groups is 3. The van der Waals surface area contributed by atoms with E-state index in [0.29, 0.717) is 0 Å². The molecule has 1 aliphatic rings. The molecule has 0 aliphatic carbocycles. The molecule has 23 heavy (non-hydrogen) atoms. The van der Waals surface area contributed by atoms with Gasteiger partial charge in [-0.1, -0.05) is 15.9 Å². The number of piperazine rings is 1. The topological polar surface area (TPSA) is 107 Å². The van der Waals surface area contributed by atoms with Gasteiger partial charge in [-0.15, -0.1) is 0 Å². The molecule has 1 heterocycles. The van der Waals surface area contributed by atoms with Crippen LogP contribution in [0.2, 0.25) is 0 Å². The van der Waals surface area contributed by atoms with Crippen molar-refractivity contribution in [1.29, 1.82) is 0 Å². The zero-order valence-corrected chi connectivity index (χ0v) is 15.3. The van der Waals surface area contributed by atoms with Crippen LogP contribution in [0.15, 0.2) is 0 Å². The molecular formula is C14H25BrN2O6. The van der Waals surface area contributed by atoms with Gasteiger partial charge >= 0.3 is 18.0 Å². The Morgan fingerprint density at radius 2 is 1.52 bits per heavy atom. The molecule has 2 N–H and O–H groups in total. The zero-order valence-electron chi connectivity index (χ0n) is 13.7. The second-order valence-electron chi connectivity index (χ2n) is 5.96. The van der Waals surface area contributed by atoms with Gasteiger partial charge in [0.1, 0.15) is 5.60 Å². The summed E-state index contributed by atoms with van der Waals surface area (Å²) in [5.74, 6) is -3.65. The van der Waals surface area contributed by atoms with E-state index < -0.39 is 17.5 Å². The molecule has 9 heteroatoms. The summed E-state index contributed by atoms with van der Waals surface area (Å²) in [7, 11) is 0. The largest absolute Gasteiger partial charge is 0.473 e. The summed E-state index contributed by atoms with van der Waals surface area (Å²) in [6, 6.07) is 0. The predicted molar refractivity (Wildman–Crippen MR) is 87.9 cm³/mol. The maximum Gasteiger partial charge on any atom is 0.414 e. The highest BCUT2D eigenvalue weighted by molar-refractivity contribution is 9.09. The molecule has 0 atom stereocenters. The summed E-state index contributed by atoms with van der Waals surface area (Å²) in [5, 5.41) is 15.8. The van der Waals surface area contributed by atoms with Crippen molar-refractivity contribution >= 4 is 34.0 Å². The summed E-state index contributed by atoms with van der Waals surface area (Å²) in [6.07, 6.45) is 0.976. The number of alkyl halides is 1.